The first-order valence-electron chi connectivity index (χ1n) is 10.1. The Morgan fingerprint density at radius 1 is 0.633 bits per heavy atom. The topological polar surface area (TPSA) is 36.1 Å². The molecule has 0 radical (unpaired) electrons. The molecule has 0 aliphatic heterocycles. The summed E-state index contributed by atoms with van der Waals surface area (Å²) in [5, 5.41) is 0. The number of methoxy groups -OCH3 is 2. The van der Waals surface area contributed by atoms with E-state index in [1.807, 2.05) is 24.3 Å². The third kappa shape index (κ3) is 5.08. The van der Waals surface area contributed by atoms with Crippen LogP contribution in [-0.4, -0.2) is 23.4 Å². The fourth-order valence-corrected chi connectivity index (χ4v) is 3.44. The lowest BCUT2D eigenvalue weighted by Gasteiger charge is -2.01. The van der Waals surface area contributed by atoms with Gasteiger partial charge in [0.25, 0.3) is 0 Å². The van der Waals surface area contributed by atoms with Crippen LogP contribution in [0.5, 0.6) is 11.5 Å². The molecule has 0 aliphatic rings. The fourth-order valence-electron chi connectivity index (χ4n) is 3.44. The van der Waals surface area contributed by atoms with Gasteiger partial charge in [0, 0.05) is 0 Å². The molecular formula is C24H28N4O2+2. The number of aryl methyl sites for hydroxylation is 2. The van der Waals surface area contributed by atoms with Crippen LogP contribution in [-0.2, 0) is 26.2 Å². The van der Waals surface area contributed by atoms with Gasteiger partial charge < -0.3 is 9.47 Å². The van der Waals surface area contributed by atoms with E-state index < -0.39 is 0 Å². The molecule has 0 aliphatic carbocycles. The van der Waals surface area contributed by atoms with Gasteiger partial charge in [-0.2, -0.15) is 0 Å². The zero-order valence-electron chi connectivity index (χ0n) is 17.5. The van der Waals surface area contributed by atoms with Gasteiger partial charge in [0.05, 0.1) is 14.2 Å². The molecule has 0 bridgehead atoms. The first kappa shape index (κ1) is 19.8. The zero-order valence-corrected chi connectivity index (χ0v) is 17.5. The molecule has 2 heterocycles. The summed E-state index contributed by atoms with van der Waals surface area (Å²) in [5.74, 6) is 1.77. The van der Waals surface area contributed by atoms with E-state index in [1.165, 1.54) is 11.1 Å². The Bertz CT molecular complexity index is 978. The van der Waals surface area contributed by atoms with Crippen molar-refractivity contribution in [3.05, 3.63) is 97.1 Å². The highest BCUT2D eigenvalue weighted by Crippen LogP contribution is 2.11. The van der Waals surface area contributed by atoms with Crippen molar-refractivity contribution in [3.8, 4) is 11.5 Å². The fraction of sp³-hybridized carbons (Fsp3) is 0.250. The van der Waals surface area contributed by atoms with Gasteiger partial charge in [0.15, 0.2) is 0 Å². The van der Waals surface area contributed by atoms with Crippen molar-refractivity contribution >= 4 is 0 Å². The van der Waals surface area contributed by atoms with Crippen LogP contribution in [0.25, 0.3) is 0 Å². The van der Waals surface area contributed by atoms with Gasteiger partial charge in [-0.05, 0) is 35.4 Å². The molecule has 0 saturated carbocycles. The molecule has 0 amide bonds. The molecule has 30 heavy (non-hydrogen) atoms. The van der Waals surface area contributed by atoms with Gasteiger partial charge in [0.2, 0.25) is 12.7 Å². The van der Waals surface area contributed by atoms with E-state index >= 15 is 0 Å². The molecule has 0 saturated heterocycles. The number of nitrogens with zero attached hydrogens (tertiary/aromatic N) is 4. The van der Waals surface area contributed by atoms with Crippen molar-refractivity contribution in [1.29, 1.82) is 0 Å². The zero-order chi connectivity index (χ0) is 20.8. The summed E-state index contributed by atoms with van der Waals surface area (Å²) in [4.78, 5) is 0. The van der Waals surface area contributed by atoms with E-state index in [-0.39, 0.29) is 0 Å². The van der Waals surface area contributed by atoms with Crippen LogP contribution in [0.15, 0.2) is 86.0 Å². The van der Waals surface area contributed by atoms with E-state index in [9.17, 15) is 0 Å². The molecule has 6 heteroatoms. The quantitative estimate of drug-likeness (QED) is 0.402. The van der Waals surface area contributed by atoms with E-state index in [0.29, 0.717) is 0 Å². The maximum absolute atomic E-state index is 5.22. The van der Waals surface area contributed by atoms with Crippen molar-refractivity contribution in [2.75, 3.05) is 14.2 Å². The second-order valence-corrected chi connectivity index (χ2v) is 7.34. The Morgan fingerprint density at radius 3 is 1.40 bits per heavy atom. The number of imidazole rings is 2. The second kappa shape index (κ2) is 9.31. The number of rotatable bonds is 9. The maximum Gasteiger partial charge on any atom is 0.244 e. The van der Waals surface area contributed by atoms with Gasteiger partial charge in [-0.15, -0.1) is 0 Å². The van der Waals surface area contributed by atoms with Crippen LogP contribution in [0.1, 0.15) is 11.1 Å². The smallest absolute Gasteiger partial charge is 0.244 e. The highest BCUT2D eigenvalue weighted by Gasteiger charge is 2.09. The summed E-state index contributed by atoms with van der Waals surface area (Å²) in [6.07, 6.45) is 12.8. The standard InChI is InChI=1S/C24H28N4O2/c1-29-23-7-3-21(4-8-23)17-27-15-13-25(19-27)11-12-26-14-16-28(20-26)18-22-5-9-24(30-2)10-6-22/h3-10,13-16,19-20H,11-12,17-18H2,1-2H3/q+2. The summed E-state index contributed by atoms with van der Waals surface area (Å²) in [7, 11) is 3.38. The Kier molecular flexibility index (Phi) is 6.13. The number of ether oxygens (including phenoxy) is 2. The molecule has 2 aromatic heterocycles. The average Bonchev–Trinajstić information content (AvgIpc) is 3.42. The van der Waals surface area contributed by atoms with Crippen LogP contribution < -0.4 is 18.6 Å². The van der Waals surface area contributed by atoms with Crippen molar-refractivity contribution in [3.63, 3.8) is 0 Å². The molecule has 0 unspecified atom stereocenters. The van der Waals surface area contributed by atoms with Crippen molar-refractivity contribution < 1.29 is 18.6 Å². The van der Waals surface area contributed by atoms with Gasteiger partial charge in [-0.25, -0.2) is 18.3 Å². The summed E-state index contributed by atoms with van der Waals surface area (Å²) in [5.41, 5.74) is 2.51. The molecule has 2 aromatic carbocycles. The Morgan fingerprint density at radius 2 is 1.03 bits per heavy atom. The number of hydrogen-bond donors (Lipinski definition) is 0. The Hall–Kier alpha value is -3.54. The predicted octanol–water partition coefficient (Wildman–Crippen LogP) is 2.68. The Balaban J connectivity index is 1.29. The van der Waals surface area contributed by atoms with Crippen molar-refractivity contribution in [2.45, 2.75) is 26.2 Å². The molecular weight excluding hydrogens is 376 g/mol. The minimum atomic E-state index is 0.850. The van der Waals surface area contributed by atoms with Gasteiger partial charge in [-0.1, -0.05) is 24.3 Å². The largest absolute Gasteiger partial charge is 0.497 e. The first-order chi connectivity index (χ1) is 14.7. The number of aromatic nitrogens is 4. The lowest BCUT2D eigenvalue weighted by molar-refractivity contribution is -0.688. The van der Waals surface area contributed by atoms with Gasteiger partial charge in [-0.3, -0.25) is 0 Å². The van der Waals surface area contributed by atoms with Crippen LogP contribution in [0.3, 0.4) is 0 Å². The molecule has 0 spiro atoms. The summed E-state index contributed by atoms with van der Waals surface area (Å²) in [6.45, 7) is 3.55. The van der Waals surface area contributed by atoms with E-state index in [4.69, 9.17) is 9.47 Å². The molecule has 154 valence electrons. The number of benzene rings is 2. The van der Waals surface area contributed by atoms with Gasteiger partial charge in [0.1, 0.15) is 62.5 Å². The van der Waals surface area contributed by atoms with Gasteiger partial charge >= 0.3 is 0 Å². The molecule has 0 fully saturated rings. The van der Waals surface area contributed by atoms with Crippen LogP contribution in [0.2, 0.25) is 0 Å². The van der Waals surface area contributed by atoms with Crippen molar-refractivity contribution in [2.24, 2.45) is 0 Å². The monoisotopic (exact) mass is 404 g/mol. The third-order valence-corrected chi connectivity index (χ3v) is 5.16. The normalized spacial score (nSPS) is 10.9. The van der Waals surface area contributed by atoms with E-state index in [2.05, 4.69) is 80.0 Å². The van der Waals surface area contributed by atoms with Crippen LogP contribution in [0.4, 0.5) is 0 Å². The average molecular weight is 405 g/mol. The minimum Gasteiger partial charge on any atom is -0.497 e. The number of hydrogen-bond acceptors (Lipinski definition) is 2. The molecule has 0 atom stereocenters. The minimum absolute atomic E-state index is 0.850. The molecule has 4 aromatic rings. The lowest BCUT2D eigenvalue weighted by Crippen LogP contribution is -2.32. The summed E-state index contributed by atoms with van der Waals surface area (Å²) in [6, 6.07) is 16.4. The lowest BCUT2D eigenvalue weighted by atomic mass is 10.2. The first-order valence-corrected chi connectivity index (χ1v) is 10.1. The molecule has 6 nitrogen and oxygen atoms in total. The Labute approximate surface area is 177 Å². The van der Waals surface area contributed by atoms with Crippen LogP contribution in [0, 0.1) is 0 Å². The molecule has 0 N–H and O–H groups in total. The van der Waals surface area contributed by atoms with Crippen LogP contribution >= 0.6 is 0 Å². The predicted molar refractivity (Wildman–Crippen MR) is 113 cm³/mol. The second-order valence-electron chi connectivity index (χ2n) is 7.34. The highest BCUT2D eigenvalue weighted by molar-refractivity contribution is 5.27. The van der Waals surface area contributed by atoms with E-state index in [0.717, 1.165) is 37.7 Å². The summed E-state index contributed by atoms with van der Waals surface area (Å²) < 4.78 is 19.3. The highest BCUT2D eigenvalue weighted by atomic mass is 16.5. The third-order valence-electron chi connectivity index (χ3n) is 5.16. The van der Waals surface area contributed by atoms with E-state index in [1.54, 1.807) is 14.2 Å². The van der Waals surface area contributed by atoms with Crippen molar-refractivity contribution in [1.82, 2.24) is 9.13 Å². The SMILES string of the molecule is COc1ccc(C[n+]2ccn(CCn3cc[n+](Cc4ccc(OC)cc4)c3)c2)cc1. The molecule has 4 rings (SSSR count). The summed E-state index contributed by atoms with van der Waals surface area (Å²) >= 11 is 0. The maximum atomic E-state index is 5.22.